The Bertz CT molecular complexity index is 484. The van der Waals surface area contributed by atoms with Gasteiger partial charge in [0, 0.05) is 13.6 Å². The zero-order valence-electron chi connectivity index (χ0n) is 15.8. The lowest BCUT2D eigenvalue weighted by atomic mass is 10.0. The van der Waals surface area contributed by atoms with Crippen molar-refractivity contribution in [3.05, 3.63) is 0 Å². The molecule has 1 aliphatic heterocycles. The lowest BCUT2D eigenvalue weighted by molar-refractivity contribution is -0.153. The van der Waals surface area contributed by atoms with Crippen molar-refractivity contribution in [1.82, 2.24) is 9.80 Å². The van der Waals surface area contributed by atoms with Crippen molar-refractivity contribution in [3.8, 4) is 0 Å². The molecule has 0 spiro atoms. The van der Waals surface area contributed by atoms with Crippen molar-refractivity contribution in [2.24, 2.45) is 5.92 Å². The van der Waals surface area contributed by atoms with Crippen LogP contribution in [0.4, 0.5) is 4.79 Å². The van der Waals surface area contributed by atoms with Crippen molar-refractivity contribution in [2.45, 2.75) is 65.1 Å². The summed E-state index contributed by atoms with van der Waals surface area (Å²) in [5.74, 6) is -0.775. The molecule has 7 nitrogen and oxygen atoms in total. The van der Waals surface area contributed by atoms with E-state index in [1.165, 1.54) is 16.9 Å². The molecule has 1 saturated heterocycles. The molecule has 0 aromatic carbocycles. The number of rotatable bonds is 4. The Morgan fingerprint density at radius 1 is 1.21 bits per heavy atom. The quantitative estimate of drug-likeness (QED) is 0.731. The molecule has 2 amide bonds. The van der Waals surface area contributed by atoms with Crippen LogP contribution in [0.25, 0.3) is 0 Å². The Hall–Kier alpha value is -1.79. The van der Waals surface area contributed by atoms with Crippen LogP contribution in [-0.4, -0.2) is 66.2 Å². The smallest absolute Gasteiger partial charge is 0.410 e. The minimum atomic E-state index is -0.690. The third kappa shape index (κ3) is 4.85. The summed E-state index contributed by atoms with van der Waals surface area (Å²) < 4.78 is 10.2. The summed E-state index contributed by atoms with van der Waals surface area (Å²) in [6.45, 7) is 9.55. The Labute approximate surface area is 144 Å². The number of ether oxygens (including phenoxy) is 2. The Morgan fingerprint density at radius 2 is 1.79 bits per heavy atom. The molecule has 0 aromatic heterocycles. The van der Waals surface area contributed by atoms with E-state index in [0.717, 1.165) is 6.42 Å². The van der Waals surface area contributed by atoms with Gasteiger partial charge < -0.3 is 14.4 Å². The van der Waals surface area contributed by atoms with Crippen LogP contribution >= 0.6 is 0 Å². The number of nitrogens with zero attached hydrogens (tertiary/aromatic N) is 2. The predicted octanol–water partition coefficient (Wildman–Crippen LogP) is 2.04. The number of likely N-dealkylation sites (N-methyl/N-ethyl adjacent to an activating group) is 1. The fourth-order valence-corrected chi connectivity index (χ4v) is 2.93. The molecular weight excluding hydrogens is 312 g/mol. The molecular formula is C17H30N2O5. The van der Waals surface area contributed by atoms with E-state index < -0.39 is 29.7 Å². The maximum absolute atomic E-state index is 13.0. The first-order valence-corrected chi connectivity index (χ1v) is 8.33. The molecule has 0 saturated carbocycles. The van der Waals surface area contributed by atoms with Crippen LogP contribution < -0.4 is 0 Å². The van der Waals surface area contributed by atoms with Gasteiger partial charge in [-0.05, 0) is 39.5 Å². The van der Waals surface area contributed by atoms with Gasteiger partial charge in [-0.1, -0.05) is 13.8 Å². The summed E-state index contributed by atoms with van der Waals surface area (Å²) in [4.78, 5) is 40.1. The fraction of sp³-hybridized carbons (Fsp3) is 0.824. The van der Waals surface area contributed by atoms with Gasteiger partial charge in [0.25, 0.3) is 0 Å². The molecule has 0 aromatic rings. The monoisotopic (exact) mass is 342 g/mol. The van der Waals surface area contributed by atoms with Crippen molar-refractivity contribution in [1.29, 1.82) is 0 Å². The van der Waals surface area contributed by atoms with Gasteiger partial charge in [0.15, 0.2) is 0 Å². The first-order valence-electron chi connectivity index (χ1n) is 8.33. The van der Waals surface area contributed by atoms with E-state index in [-0.39, 0.29) is 11.8 Å². The van der Waals surface area contributed by atoms with Gasteiger partial charge in [0.2, 0.25) is 5.91 Å². The number of carbonyl (C=O) groups is 3. The molecule has 7 heteroatoms. The number of methoxy groups -OCH3 is 1. The van der Waals surface area contributed by atoms with Gasteiger partial charge in [-0.3, -0.25) is 9.69 Å². The zero-order chi connectivity index (χ0) is 18.7. The molecule has 2 atom stereocenters. The number of esters is 1. The second-order valence-electron chi connectivity index (χ2n) is 7.49. The fourth-order valence-electron chi connectivity index (χ4n) is 2.93. The summed E-state index contributed by atoms with van der Waals surface area (Å²) >= 11 is 0. The summed E-state index contributed by atoms with van der Waals surface area (Å²) in [7, 11) is 2.87. The van der Waals surface area contributed by atoms with Crippen LogP contribution in [0, 0.1) is 5.92 Å². The predicted molar refractivity (Wildman–Crippen MR) is 89.4 cm³/mol. The van der Waals surface area contributed by atoms with Gasteiger partial charge in [-0.25, -0.2) is 9.59 Å². The van der Waals surface area contributed by atoms with E-state index in [2.05, 4.69) is 0 Å². The highest BCUT2D eigenvalue weighted by Crippen LogP contribution is 2.24. The van der Waals surface area contributed by atoms with Crippen LogP contribution in [0.5, 0.6) is 0 Å². The van der Waals surface area contributed by atoms with Crippen LogP contribution in [0.1, 0.15) is 47.5 Å². The summed E-state index contributed by atoms with van der Waals surface area (Å²) in [5.41, 5.74) is -0.641. The molecule has 138 valence electrons. The van der Waals surface area contributed by atoms with Gasteiger partial charge in [0.1, 0.15) is 17.7 Å². The minimum absolute atomic E-state index is 0.117. The number of likely N-dealkylation sites (tertiary alicyclic amines) is 1. The SMILES string of the molecule is COC(=O)[C@@H]1CCCN1C(=O)[C@H](C(C)C)N(C)C(=O)OC(C)(C)C. The third-order valence-electron chi connectivity index (χ3n) is 3.99. The van der Waals surface area contributed by atoms with Crippen molar-refractivity contribution >= 4 is 18.0 Å². The van der Waals surface area contributed by atoms with Crippen LogP contribution in [0.2, 0.25) is 0 Å². The maximum Gasteiger partial charge on any atom is 0.410 e. The third-order valence-corrected chi connectivity index (χ3v) is 3.99. The first-order chi connectivity index (χ1) is 11.0. The van der Waals surface area contributed by atoms with E-state index >= 15 is 0 Å². The lowest BCUT2D eigenvalue weighted by Gasteiger charge is -2.35. The van der Waals surface area contributed by atoms with Gasteiger partial charge >= 0.3 is 12.1 Å². The van der Waals surface area contributed by atoms with E-state index in [4.69, 9.17) is 9.47 Å². The maximum atomic E-state index is 13.0. The molecule has 1 fully saturated rings. The topological polar surface area (TPSA) is 76.2 Å². The Kier molecular flexibility index (Phi) is 6.63. The van der Waals surface area contributed by atoms with Gasteiger partial charge in [-0.15, -0.1) is 0 Å². The number of hydrogen-bond acceptors (Lipinski definition) is 5. The highest BCUT2D eigenvalue weighted by Gasteiger charge is 2.41. The summed E-state index contributed by atoms with van der Waals surface area (Å²) in [6, 6.07) is -1.26. The zero-order valence-corrected chi connectivity index (χ0v) is 15.8. The highest BCUT2D eigenvalue weighted by molar-refractivity contribution is 5.90. The van der Waals surface area contributed by atoms with Gasteiger partial charge in [-0.2, -0.15) is 0 Å². The number of amides is 2. The molecule has 0 unspecified atom stereocenters. The molecule has 0 N–H and O–H groups in total. The average Bonchev–Trinajstić information content (AvgIpc) is 2.93. The Morgan fingerprint density at radius 3 is 2.25 bits per heavy atom. The minimum Gasteiger partial charge on any atom is -0.467 e. The van der Waals surface area contributed by atoms with E-state index in [1.54, 1.807) is 27.8 Å². The molecule has 24 heavy (non-hydrogen) atoms. The molecule has 1 heterocycles. The molecule has 1 aliphatic rings. The number of hydrogen-bond donors (Lipinski definition) is 0. The summed E-state index contributed by atoms with van der Waals surface area (Å²) in [6.07, 6.45) is 0.773. The van der Waals surface area contributed by atoms with Crippen LogP contribution in [-0.2, 0) is 19.1 Å². The second-order valence-corrected chi connectivity index (χ2v) is 7.49. The van der Waals surface area contributed by atoms with Crippen LogP contribution in [0.15, 0.2) is 0 Å². The Balaban J connectivity index is 2.96. The molecule has 1 rings (SSSR count). The van der Waals surface area contributed by atoms with Gasteiger partial charge in [0.05, 0.1) is 7.11 Å². The number of carbonyl (C=O) groups excluding carboxylic acids is 3. The van der Waals surface area contributed by atoms with E-state index in [9.17, 15) is 14.4 Å². The van der Waals surface area contributed by atoms with E-state index in [0.29, 0.717) is 13.0 Å². The lowest BCUT2D eigenvalue weighted by Crippen LogP contribution is -2.55. The first kappa shape index (κ1) is 20.3. The van der Waals surface area contributed by atoms with E-state index in [1.807, 2.05) is 13.8 Å². The van der Waals surface area contributed by atoms with Crippen molar-refractivity contribution in [2.75, 3.05) is 20.7 Å². The average molecular weight is 342 g/mol. The van der Waals surface area contributed by atoms with Crippen LogP contribution in [0.3, 0.4) is 0 Å². The molecule has 0 aliphatic carbocycles. The highest BCUT2D eigenvalue weighted by atomic mass is 16.6. The largest absolute Gasteiger partial charge is 0.467 e. The second kappa shape index (κ2) is 7.85. The van der Waals surface area contributed by atoms with Crippen molar-refractivity contribution < 1.29 is 23.9 Å². The van der Waals surface area contributed by atoms with Crippen molar-refractivity contribution in [3.63, 3.8) is 0 Å². The standard InChI is InChI=1S/C17H30N2O5/c1-11(2)13(18(6)16(22)24-17(3,4)5)14(20)19-10-8-9-12(19)15(21)23-7/h11-13H,8-10H2,1-7H3/t12-,13-/m0/s1. The summed E-state index contributed by atoms with van der Waals surface area (Å²) in [5, 5.41) is 0. The molecule has 0 bridgehead atoms. The molecule has 0 radical (unpaired) electrons. The normalized spacial score (nSPS) is 19.2.